The molecular weight excluding hydrogens is 360 g/mol. The van der Waals surface area contributed by atoms with E-state index in [1.165, 1.54) is 0 Å². The van der Waals surface area contributed by atoms with Crippen LogP contribution in [0.15, 0.2) is 28.2 Å². The number of likely N-dealkylation sites (tertiary alicyclic amines) is 1. The van der Waals surface area contributed by atoms with Crippen LogP contribution in [-0.4, -0.2) is 47.7 Å². The lowest BCUT2D eigenvalue weighted by molar-refractivity contribution is 0.0126. The zero-order valence-corrected chi connectivity index (χ0v) is 16.9. The van der Waals surface area contributed by atoms with Gasteiger partial charge in [-0.3, -0.25) is 0 Å². The maximum absolute atomic E-state index is 12.1. The molecule has 9 heteroatoms. The number of hydrogen-bond acceptors (Lipinski definition) is 4. The van der Waals surface area contributed by atoms with E-state index in [1.54, 1.807) is 11.0 Å². The first-order chi connectivity index (χ1) is 13.0. The number of carbonyl (C=O) groups excluding carboxylic acids is 1. The molecular formula is C19H30N6O3. The molecule has 1 fully saturated rings. The Hall–Kier alpha value is -2.97. The number of rotatable bonds is 3. The predicted octanol–water partition coefficient (Wildman–Crippen LogP) is 1.99. The highest BCUT2D eigenvalue weighted by Gasteiger charge is 2.27. The maximum Gasteiger partial charge on any atom is 0.410 e. The Kier molecular flexibility index (Phi) is 6.71. The van der Waals surface area contributed by atoms with Crippen molar-refractivity contribution >= 4 is 23.7 Å². The molecule has 0 aliphatic carbocycles. The Morgan fingerprint density at radius 2 is 1.82 bits per heavy atom. The van der Waals surface area contributed by atoms with E-state index in [0.29, 0.717) is 18.8 Å². The number of ether oxygens (including phenoxy) is 2. The smallest absolute Gasteiger partial charge is 0.410 e. The minimum Gasteiger partial charge on any atom is -0.490 e. The molecule has 6 N–H and O–H groups in total. The summed E-state index contributed by atoms with van der Waals surface area (Å²) in [7, 11) is 0. The summed E-state index contributed by atoms with van der Waals surface area (Å²) in [6.07, 6.45) is 1.26. The molecule has 9 nitrogen and oxygen atoms in total. The summed E-state index contributed by atoms with van der Waals surface area (Å²) in [5, 5.41) is 0. The van der Waals surface area contributed by atoms with Gasteiger partial charge >= 0.3 is 6.09 Å². The number of nitrogens with zero attached hydrogens (tertiary/aromatic N) is 3. The summed E-state index contributed by atoms with van der Waals surface area (Å²) in [6, 6.07) is 5.48. The predicted molar refractivity (Wildman–Crippen MR) is 110 cm³/mol. The Morgan fingerprint density at radius 1 is 1.18 bits per heavy atom. The SMILES string of the molecule is Cc1cc(N=C(N)N=C(N)N)ccc1OC1CCN(C(=O)OC(C)(C)C)CC1. The van der Waals surface area contributed by atoms with Gasteiger partial charge in [0.15, 0.2) is 5.96 Å². The van der Waals surface area contributed by atoms with E-state index in [-0.39, 0.29) is 24.1 Å². The molecule has 0 atom stereocenters. The molecule has 1 heterocycles. The third kappa shape index (κ3) is 6.64. The van der Waals surface area contributed by atoms with E-state index in [0.717, 1.165) is 24.2 Å². The highest BCUT2D eigenvalue weighted by atomic mass is 16.6. The zero-order chi connectivity index (χ0) is 20.9. The van der Waals surface area contributed by atoms with Gasteiger partial charge in [0.1, 0.15) is 17.5 Å². The lowest BCUT2D eigenvalue weighted by Crippen LogP contribution is -2.44. The van der Waals surface area contributed by atoms with Crippen LogP contribution in [0.1, 0.15) is 39.2 Å². The average Bonchev–Trinajstić information content (AvgIpc) is 2.55. The van der Waals surface area contributed by atoms with E-state index in [9.17, 15) is 4.79 Å². The third-order valence-corrected chi connectivity index (χ3v) is 4.03. The van der Waals surface area contributed by atoms with Crippen molar-refractivity contribution in [3.05, 3.63) is 23.8 Å². The normalized spacial score (nSPS) is 15.9. The lowest BCUT2D eigenvalue weighted by atomic mass is 10.1. The summed E-state index contributed by atoms with van der Waals surface area (Å²) >= 11 is 0. The summed E-state index contributed by atoms with van der Waals surface area (Å²) in [6.45, 7) is 8.74. The van der Waals surface area contributed by atoms with Crippen LogP contribution >= 0.6 is 0 Å². The van der Waals surface area contributed by atoms with Gasteiger partial charge in [-0.05, 0) is 51.5 Å². The van der Waals surface area contributed by atoms with Gasteiger partial charge in [0, 0.05) is 25.9 Å². The Balaban J connectivity index is 1.93. The number of aliphatic imine (C=N–C) groups is 2. The topological polar surface area (TPSA) is 142 Å². The molecule has 0 spiro atoms. The van der Waals surface area contributed by atoms with E-state index in [2.05, 4.69) is 9.98 Å². The highest BCUT2D eigenvalue weighted by molar-refractivity contribution is 5.93. The molecule has 1 aromatic carbocycles. The molecule has 1 aliphatic heterocycles. The number of hydrogen-bond donors (Lipinski definition) is 3. The number of nitrogens with two attached hydrogens (primary N) is 3. The second-order valence-electron chi connectivity index (χ2n) is 7.74. The number of carbonyl (C=O) groups is 1. The number of benzene rings is 1. The molecule has 0 unspecified atom stereocenters. The van der Waals surface area contributed by atoms with Crippen molar-refractivity contribution in [2.24, 2.45) is 27.2 Å². The van der Waals surface area contributed by atoms with Crippen LogP contribution in [0.5, 0.6) is 5.75 Å². The fourth-order valence-electron chi connectivity index (χ4n) is 2.79. The van der Waals surface area contributed by atoms with Crippen molar-refractivity contribution in [1.82, 2.24) is 4.90 Å². The molecule has 1 aliphatic rings. The molecule has 1 saturated heterocycles. The number of amides is 1. The monoisotopic (exact) mass is 390 g/mol. The van der Waals surface area contributed by atoms with Crippen molar-refractivity contribution in [3.8, 4) is 5.75 Å². The molecule has 0 saturated carbocycles. The van der Waals surface area contributed by atoms with Crippen LogP contribution in [0.2, 0.25) is 0 Å². The van der Waals surface area contributed by atoms with Gasteiger partial charge in [0.05, 0.1) is 5.69 Å². The van der Waals surface area contributed by atoms with Gasteiger partial charge in [-0.25, -0.2) is 9.79 Å². The van der Waals surface area contributed by atoms with E-state index >= 15 is 0 Å². The van der Waals surface area contributed by atoms with Gasteiger partial charge in [-0.15, -0.1) is 0 Å². The number of aryl methyl sites for hydroxylation is 1. The van der Waals surface area contributed by atoms with Crippen molar-refractivity contribution in [2.75, 3.05) is 13.1 Å². The molecule has 0 bridgehead atoms. The van der Waals surface area contributed by atoms with Gasteiger partial charge in [-0.1, -0.05) is 0 Å². The summed E-state index contributed by atoms with van der Waals surface area (Å²) in [5.74, 6) is 0.619. The van der Waals surface area contributed by atoms with Gasteiger partial charge < -0.3 is 31.6 Å². The second kappa shape index (κ2) is 8.81. The molecule has 0 radical (unpaired) electrons. The lowest BCUT2D eigenvalue weighted by Gasteiger charge is -2.33. The average molecular weight is 390 g/mol. The van der Waals surface area contributed by atoms with Crippen LogP contribution in [0.25, 0.3) is 0 Å². The van der Waals surface area contributed by atoms with E-state index < -0.39 is 5.60 Å². The maximum atomic E-state index is 12.1. The van der Waals surface area contributed by atoms with Gasteiger partial charge in [0.25, 0.3) is 0 Å². The van der Waals surface area contributed by atoms with E-state index in [4.69, 9.17) is 26.7 Å². The molecule has 0 aromatic heterocycles. The van der Waals surface area contributed by atoms with E-state index in [1.807, 2.05) is 39.8 Å². The standard InChI is InChI=1S/C19H30N6O3/c1-12-11-13(23-17(22)24-16(20)21)5-6-15(12)27-14-7-9-25(10-8-14)18(26)28-19(2,3)4/h5-6,11,14H,7-10H2,1-4H3,(H6,20,21,22,23,24). The first-order valence-electron chi connectivity index (χ1n) is 9.22. The van der Waals surface area contributed by atoms with Gasteiger partial charge in [-0.2, -0.15) is 4.99 Å². The zero-order valence-electron chi connectivity index (χ0n) is 16.9. The van der Waals surface area contributed by atoms with Gasteiger partial charge in [0.2, 0.25) is 5.96 Å². The molecule has 1 amide bonds. The van der Waals surface area contributed by atoms with Crippen molar-refractivity contribution in [1.29, 1.82) is 0 Å². The minimum absolute atomic E-state index is 0.0115. The van der Waals surface area contributed by atoms with Crippen molar-refractivity contribution in [3.63, 3.8) is 0 Å². The van der Waals surface area contributed by atoms with Crippen LogP contribution in [0, 0.1) is 6.92 Å². The Morgan fingerprint density at radius 3 is 2.36 bits per heavy atom. The molecule has 28 heavy (non-hydrogen) atoms. The molecule has 154 valence electrons. The van der Waals surface area contributed by atoms with Crippen LogP contribution in [0.3, 0.4) is 0 Å². The number of piperidine rings is 1. The Labute approximate surface area is 165 Å². The largest absolute Gasteiger partial charge is 0.490 e. The summed E-state index contributed by atoms with van der Waals surface area (Å²) < 4.78 is 11.5. The minimum atomic E-state index is -0.490. The fraction of sp³-hybridized carbons (Fsp3) is 0.526. The summed E-state index contributed by atoms with van der Waals surface area (Å²) in [5.41, 5.74) is 17.3. The number of guanidine groups is 2. The molecule has 1 aromatic rings. The first kappa shape index (κ1) is 21.3. The molecule has 2 rings (SSSR count). The Bertz CT molecular complexity index is 757. The van der Waals surface area contributed by atoms with Crippen molar-refractivity contribution in [2.45, 2.75) is 52.2 Å². The third-order valence-electron chi connectivity index (χ3n) is 4.03. The van der Waals surface area contributed by atoms with Crippen LogP contribution in [-0.2, 0) is 4.74 Å². The van der Waals surface area contributed by atoms with Crippen LogP contribution in [0.4, 0.5) is 10.5 Å². The fourth-order valence-corrected chi connectivity index (χ4v) is 2.79. The second-order valence-corrected chi connectivity index (χ2v) is 7.74. The quantitative estimate of drug-likeness (QED) is 0.532. The van der Waals surface area contributed by atoms with Crippen molar-refractivity contribution < 1.29 is 14.3 Å². The van der Waals surface area contributed by atoms with Crippen LogP contribution < -0.4 is 21.9 Å². The first-order valence-corrected chi connectivity index (χ1v) is 9.22. The summed E-state index contributed by atoms with van der Waals surface area (Å²) in [4.78, 5) is 21.7. The highest BCUT2D eigenvalue weighted by Crippen LogP contribution is 2.27.